The molecule has 0 radical (unpaired) electrons. The zero-order valence-electron chi connectivity index (χ0n) is 12.7. The minimum absolute atomic E-state index is 0. The predicted molar refractivity (Wildman–Crippen MR) is 90.7 cm³/mol. The fraction of sp³-hybridized carbons (Fsp3) is 0.533. The fourth-order valence-electron chi connectivity index (χ4n) is 2.17. The van der Waals surface area contributed by atoms with Gasteiger partial charge >= 0.3 is 0 Å². The van der Waals surface area contributed by atoms with E-state index in [1.54, 1.807) is 11.8 Å². The van der Waals surface area contributed by atoms with Gasteiger partial charge in [-0.2, -0.15) is 11.8 Å². The van der Waals surface area contributed by atoms with Gasteiger partial charge in [-0.15, -0.1) is 12.4 Å². The summed E-state index contributed by atoms with van der Waals surface area (Å²) < 4.78 is 0. The maximum Gasteiger partial charge on any atom is 0.237 e. The van der Waals surface area contributed by atoms with E-state index in [0.29, 0.717) is 6.54 Å². The van der Waals surface area contributed by atoms with Crippen molar-refractivity contribution in [1.82, 2.24) is 5.32 Å². The summed E-state index contributed by atoms with van der Waals surface area (Å²) >= 11 is 1.71. The van der Waals surface area contributed by atoms with E-state index in [9.17, 15) is 4.79 Å². The first kappa shape index (κ1) is 19.3. The average molecular weight is 317 g/mol. The largest absolute Gasteiger partial charge is 0.351 e. The lowest BCUT2D eigenvalue weighted by Crippen LogP contribution is -2.40. The van der Waals surface area contributed by atoms with Crippen molar-refractivity contribution in [2.45, 2.75) is 39.8 Å². The van der Waals surface area contributed by atoms with Crippen LogP contribution in [0.25, 0.3) is 0 Å². The molecule has 0 aliphatic rings. The molecule has 1 aromatic carbocycles. The number of hydrogen-bond donors (Lipinski definition) is 2. The zero-order valence-corrected chi connectivity index (χ0v) is 14.3. The van der Waals surface area contributed by atoms with Crippen LogP contribution in [0.5, 0.6) is 0 Å². The van der Waals surface area contributed by atoms with Crippen molar-refractivity contribution in [1.29, 1.82) is 0 Å². The number of benzene rings is 1. The molecule has 3 N–H and O–H groups in total. The minimum atomic E-state index is -0.404. The van der Waals surface area contributed by atoms with Crippen molar-refractivity contribution in [2.75, 3.05) is 12.0 Å². The summed E-state index contributed by atoms with van der Waals surface area (Å²) in [5.74, 6) is 0.852. The van der Waals surface area contributed by atoms with Gasteiger partial charge in [0.2, 0.25) is 5.91 Å². The Kier molecular flexibility index (Phi) is 8.94. The monoisotopic (exact) mass is 316 g/mol. The van der Waals surface area contributed by atoms with Gasteiger partial charge in [-0.1, -0.05) is 17.7 Å². The van der Waals surface area contributed by atoms with Crippen LogP contribution in [0.3, 0.4) is 0 Å². The molecule has 1 amide bonds. The van der Waals surface area contributed by atoms with Gasteiger partial charge in [0, 0.05) is 6.54 Å². The average Bonchev–Trinajstić information content (AvgIpc) is 2.34. The molecule has 1 atom stereocenters. The molecule has 1 aromatic rings. The molecule has 1 rings (SSSR count). The maximum absolute atomic E-state index is 11.9. The first-order chi connectivity index (χ1) is 8.95. The molecule has 0 saturated carbocycles. The highest BCUT2D eigenvalue weighted by atomic mass is 35.5. The molecule has 0 bridgehead atoms. The van der Waals surface area contributed by atoms with Crippen LogP contribution in [0.15, 0.2) is 12.1 Å². The van der Waals surface area contributed by atoms with Gasteiger partial charge in [0.05, 0.1) is 6.04 Å². The standard InChI is InChI=1S/C15H24N2OS.ClH/c1-10-7-11(2)13(12(3)8-10)9-17-15(18)14(16)5-6-19-4;/h7-8,14H,5-6,9,16H2,1-4H3,(H,17,18);1H/t14-;/m0./s1. The van der Waals surface area contributed by atoms with Crippen molar-refractivity contribution in [3.05, 3.63) is 34.4 Å². The molecule has 0 fully saturated rings. The van der Waals surface area contributed by atoms with Crippen LogP contribution < -0.4 is 11.1 Å². The Balaban J connectivity index is 0.00000361. The molecule has 5 heteroatoms. The number of thioether (sulfide) groups is 1. The third kappa shape index (κ3) is 5.73. The Morgan fingerprint density at radius 3 is 2.35 bits per heavy atom. The van der Waals surface area contributed by atoms with Crippen LogP contribution in [0, 0.1) is 20.8 Å². The number of hydrogen-bond acceptors (Lipinski definition) is 3. The molecule has 0 aliphatic heterocycles. The van der Waals surface area contributed by atoms with Crippen LogP contribution in [-0.2, 0) is 11.3 Å². The number of amides is 1. The smallest absolute Gasteiger partial charge is 0.237 e. The Hall–Kier alpha value is -0.710. The molecular formula is C15H25ClN2OS. The topological polar surface area (TPSA) is 55.1 Å². The third-order valence-corrected chi connectivity index (χ3v) is 3.89. The van der Waals surface area contributed by atoms with E-state index >= 15 is 0 Å². The highest BCUT2D eigenvalue weighted by Crippen LogP contribution is 2.16. The summed E-state index contributed by atoms with van der Waals surface area (Å²) in [7, 11) is 0. The first-order valence-corrected chi connectivity index (χ1v) is 7.94. The summed E-state index contributed by atoms with van der Waals surface area (Å²) in [6, 6.07) is 3.88. The molecule has 3 nitrogen and oxygen atoms in total. The van der Waals surface area contributed by atoms with Gasteiger partial charge in [-0.25, -0.2) is 0 Å². The maximum atomic E-state index is 11.9. The Morgan fingerprint density at radius 1 is 1.30 bits per heavy atom. The number of carbonyl (C=O) groups excluding carboxylic acids is 1. The normalized spacial score (nSPS) is 11.7. The summed E-state index contributed by atoms with van der Waals surface area (Å²) in [6.07, 6.45) is 2.74. The van der Waals surface area contributed by atoms with E-state index in [1.807, 2.05) is 6.26 Å². The van der Waals surface area contributed by atoms with Crippen molar-refractivity contribution >= 4 is 30.1 Å². The zero-order chi connectivity index (χ0) is 14.4. The number of halogens is 1. The van der Waals surface area contributed by atoms with Crippen molar-refractivity contribution < 1.29 is 4.79 Å². The number of nitrogens with one attached hydrogen (secondary N) is 1. The molecule has 0 heterocycles. The van der Waals surface area contributed by atoms with Crippen LogP contribution in [0.4, 0.5) is 0 Å². The lowest BCUT2D eigenvalue weighted by atomic mass is 10.00. The van der Waals surface area contributed by atoms with Crippen LogP contribution >= 0.6 is 24.2 Å². The van der Waals surface area contributed by atoms with E-state index < -0.39 is 6.04 Å². The van der Waals surface area contributed by atoms with E-state index in [2.05, 4.69) is 38.2 Å². The molecule has 0 saturated heterocycles. The Labute approximate surface area is 132 Å². The van der Waals surface area contributed by atoms with E-state index in [0.717, 1.165) is 12.2 Å². The van der Waals surface area contributed by atoms with Crippen LogP contribution in [-0.4, -0.2) is 24.0 Å². The van der Waals surface area contributed by atoms with Gasteiger partial charge < -0.3 is 11.1 Å². The highest BCUT2D eigenvalue weighted by Gasteiger charge is 2.13. The summed E-state index contributed by atoms with van der Waals surface area (Å²) in [5, 5.41) is 2.94. The van der Waals surface area contributed by atoms with E-state index in [1.165, 1.54) is 22.3 Å². The Bertz CT molecular complexity index is 428. The number of nitrogens with two attached hydrogens (primary N) is 1. The van der Waals surface area contributed by atoms with Crippen LogP contribution in [0.1, 0.15) is 28.7 Å². The molecule has 0 aliphatic carbocycles. The number of aryl methyl sites for hydroxylation is 3. The SMILES string of the molecule is CSCC[C@H](N)C(=O)NCc1c(C)cc(C)cc1C.Cl. The minimum Gasteiger partial charge on any atom is -0.351 e. The second kappa shape index (κ2) is 9.27. The van der Waals surface area contributed by atoms with Crippen molar-refractivity contribution in [2.24, 2.45) is 5.73 Å². The van der Waals surface area contributed by atoms with Gasteiger partial charge in [-0.05, 0) is 55.9 Å². The van der Waals surface area contributed by atoms with Gasteiger partial charge in [0.1, 0.15) is 0 Å². The number of carbonyl (C=O) groups is 1. The van der Waals surface area contributed by atoms with Gasteiger partial charge in [-0.3, -0.25) is 4.79 Å². The molecule has 114 valence electrons. The first-order valence-electron chi connectivity index (χ1n) is 6.54. The number of rotatable bonds is 6. The second-order valence-electron chi connectivity index (χ2n) is 4.98. The molecular weight excluding hydrogens is 292 g/mol. The molecule has 20 heavy (non-hydrogen) atoms. The predicted octanol–water partition coefficient (Wildman–Crippen LogP) is 2.73. The fourth-order valence-corrected chi connectivity index (χ4v) is 2.66. The molecule has 0 aromatic heterocycles. The van der Waals surface area contributed by atoms with Crippen LogP contribution in [0.2, 0.25) is 0 Å². The molecule has 0 spiro atoms. The van der Waals surface area contributed by atoms with E-state index in [4.69, 9.17) is 5.73 Å². The van der Waals surface area contributed by atoms with Crippen molar-refractivity contribution in [3.63, 3.8) is 0 Å². The highest BCUT2D eigenvalue weighted by molar-refractivity contribution is 7.98. The van der Waals surface area contributed by atoms with Crippen molar-refractivity contribution in [3.8, 4) is 0 Å². The van der Waals surface area contributed by atoms with Gasteiger partial charge in [0.25, 0.3) is 0 Å². The van der Waals surface area contributed by atoms with Gasteiger partial charge in [0.15, 0.2) is 0 Å². The third-order valence-electron chi connectivity index (χ3n) is 3.25. The van der Waals surface area contributed by atoms with E-state index in [-0.39, 0.29) is 18.3 Å². The summed E-state index contributed by atoms with van der Waals surface area (Å²) in [4.78, 5) is 11.9. The lowest BCUT2D eigenvalue weighted by Gasteiger charge is -2.15. The Morgan fingerprint density at radius 2 is 1.85 bits per heavy atom. The second-order valence-corrected chi connectivity index (χ2v) is 5.97. The molecule has 0 unspecified atom stereocenters. The summed E-state index contributed by atoms with van der Waals surface area (Å²) in [5.41, 5.74) is 10.7. The quantitative estimate of drug-likeness (QED) is 0.848. The summed E-state index contributed by atoms with van der Waals surface area (Å²) in [6.45, 7) is 6.80. The lowest BCUT2D eigenvalue weighted by molar-refractivity contribution is -0.122.